The third kappa shape index (κ3) is 1.69. The van der Waals surface area contributed by atoms with Gasteiger partial charge >= 0.3 is 5.97 Å². The molecule has 0 aromatic rings. The number of carbonyl (C=O) groups is 1. The van der Waals surface area contributed by atoms with Crippen molar-refractivity contribution < 1.29 is 15.0 Å². The van der Waals surface area contributed by atoms with E-state index in [2.05, 4.69) is 0 Å². The van der Waals surface area contributed by atoms with Crippen molar-refractivity contribution in [1.82, 2.24) is 4.90 Å². The van der Waals surface area contributed by atoms with Crippen LogP contribution in [0.15, 0.2) is 0 Å². The Morgan fingerprint density at radius 1 is 1.54 bits per heavy atom. The van der Waals surface area contributed by atoms with Gasteiger partial charge in [0, 0.05) is 0 Å². The smallest absolute Gasteiger partial charge is 0.326 e. The second-order valence-corrected chi connectivity index (χ2v) is 3.53. The Labute approximate surface area is 78.2 Å². The Hall–Kier alpha value is -0.610. The van der Waals surface area contributed by atoms with Crippen LogP contribution in [0.3, 0.4) is 0 Å². The molecule has 2 N–H and O–H groups in total. The molecule has 1 aliphatic rings. The first-order valence-electron chi connectivity index (χ1n) is 4.76. The summed E-state index contributed by atoms with van der Waals surface area (Å²) in [4.78, 5) is 12.9. The highest BCUT2D eigenvalue weighted by atomic mass is 16.4. The van der Waals surface area contributed by atoms with Crippen LogP contribution >= 0.6 is 0 Å². The van der Waals surface area contributed by atoms with Crippen LogP contribution in [0.1, 0.15) is 26.2 Å². The molecule has 0 amide bonds. The molecular formula is C9H17NO3. The van der Waals surface area contributed by atoms with Gasteiger partial charge < -0.3 is 10.2 Å². The molecule has 4 heteroatoms. The van der Waals surface area contributed by atoms with E-state index in [-0.39, 0.29) is 6.61 Å². The van der Waals surface area contributed by atoms with Crippen molar-refractivity contribution in [3.05, 3.63) is 0 Å². The van der Waals surface area contributed by atoms with E-state index in [0.29, 0.717) is 13.0 Å². The molecular weight excluding hydrogens is 170 g/mol. The first kappa shape index (κ1) is 10.5. The van der Waals surface area contributed by atoms with Gasteiger partial charge in [-0.05, 0) is 32.4 Å². The quantitative estimate of drug-likeness (QED) is 0.667. The minimum Gasteiger partial charge on any atom is -0.480 e. The normalized spacial score (nSPS) is 30.3. The molecule has 13 heavy (non-hydrogen) atoms. The standard InChI is InChI=1S/C9H17NO3/c1-2-10-6-4-3-5-9(10,7-11)8(12)13/h11H,2-7H2,1H3,(H,12,13). The summed E-state index contributed by atoms with van der Waals surface area (Å²) in [6.45, 7) is 3.12. The first-order valence-corrected chi connectivity index (χ1v) is 4.76. The van der Waals surface area contributed by atoms with Gasteiger partial charge in [0.1, 0.15) is 5.54 Å². The van der Waals surface area contributed by atoms with E-state index in [1.54, 1.807) is 0 Å². The second-order valence-electron chi connectivity index (χ2n) is 3.53. The Morgan fingerprint density at radius 3 is 2.62 bits per heavy atom. The number of hydrogen-bond donors (Lipinski definition) is 2. The summed E-state index contributed by atoms with van der Waals surface area (Å²) in [7, 11) is 0. The molecule has 0 aromatic heterocycles. The van der Waals surface area contributed by atoms with Gasteiger partial charge in [0.2, 0.25) is 0 Å². The molecule has 1 saturated heterocycles. The lowest BCUT2D eigenvalue weighted by Crippen LogP contribution is -2.59. The van der Waals surface area contributed by atoms with Gasteiger partial charge in [-0.2, -0.15) is 0 Å². The minimum absolute atomic E-state index is 0.282. The van der Waals surface area contributed by atoms with E-state index >= 15 is 0 Å². The predicted molar refractivity (Wildman–Crippen MR) is 48.6 cm³/mol. The molecule has 4 nitrogen and oxygen atoms in total. The number of piperidine rings is 1. The zero-order valence-electron chi connectivity index (χ0n) is 7.99. The molecule has 0 saturated carbocycles. The Balaban J connectivity index is 2.84. The van der Waals surface area contributed by atoms with Crippen molar-refractivity contribution >= 4 is 5.97 Å². The number of aliphatic hydroxyl groups is 1. The second kappa shape index (κ2) is 4.07. The van der Waals surface area contributed by atoms with Crippen LogP contribution in [-0.4, -0.2) is 46.3 Å². The summed E-state index contributed by atoms with van der Waals surface area (Å²) < 4.78 is 0. The van der Waals surface area contributed by atoms with E-state index in [9.17, 15) is 9.90 Å². The summed E-state index contributed by atoms with van der Waals surface area (Å²) in [5.74, 6) is -0.892. The highest BCUT2D eigenvalue weighted by Crippen LogP contribution is 2.27. The van der Waals surface area contributed by atoms with Gasteiger partial charge in [0.25, 0.3) is 0 Å². The number of carboxylic acid groups (broad SMARTS) is 1. The van der Waals surface area contributed by atoms with Crippen molar-refractivity contribution in [3.63, 3.8) is 0 Å². The van der Waals surface area contributed by atoms with Crippen molar-refractivity contribution in [1.29, 1.82) is 0 Å². The summed E-state index contributed by atoms with van der Waals surface area (Å²) in [5, 5.41) is 18.3. The Morgan fingerprint density at radius 2 is 2.23 bits per heavy atom. The largest absolute Gasteiger partial charge is 0.480 e. The van der Waals surface area contributed by atoms with Crippen LogP contribution in [0, 0.1) is 0 Å². The van der Waals surface area contributed by atoms with E-state index < -0.39 is 11.5 Å². The average molecular weight is 187 g/mol. The Bertz CT molecular complexity index is 195. The number of hydrogen-bond acceptors (Lipinski definition) is 3. The average Bonchev–Trinajstić information content (AvgIpc) is 2.17. The van der Waals surface area contributed by atoms with Gasteiger partial charge in [-0.25, -0.2) is 0 Å². The fraction of sp³-hybridized carbons (Fsp3) is 0.889. The maximum Gasteiger partial charge on any atom is 0.326 e. The lowest BCUT2D eigenvalue weighted by atomic mass is 9.87. The molecule has 1 rings (SSSR count). The maximum atomic E-state index is 11.1. The number of aliphatic carboxylic acids is 1. The highest BCUT2D eigenvalue weighted by Gasteiger charge is 2.44. The fourth-order valence-corrected chi connectivity index (χ4v) is 2.04. The van der Waals surface area contributed by atoms with Crippen LogP contribution < -0.4 is 0 Å². The molecule has 1 heterocycles. The van der Waals surface area contributed by atoms with E-state index in [1.807, 2.05) is 11.8 Å². The zero-order valence-corrected chi connectivity index (χ0v) is 7.99. The van der Waals surface area contributed by atoms with Crippen molar-refractivity contribution in [2.75, 3.05) is 19.7 Å². The topological polar surface area (TPSA) is 60.8 Å². The van der Waals surface area contributed by atoms with Gasteiger partial charge in [0.05, 0.1) is 6.61 Å². The number of likely N-dealkylation sites (tertiary alicyclic amines) is 1. The van der Waals surface area contributed by atoms with Crippen molar-refractivity contribution in [2.45, 2.75) is 31.7 Å². The molecule has 0 aliphatic carbocycles. The molecule has 0 radical (unpaired) electrons. The molecule has 1 atom stereocenters. The lowest BCUT2D eigenvalue weighted by Gasteiger charge is -2.42. The van der Waals surface area contributed by atoms with Crippen LogP contribution in [0.25, 0.3) is 0 Å². The summed E-state index contributed by atoms with van der Waals surface area (Å²) in [6.07, 6.45) is 2.49. The molecule has 0 spiro atoms. The van der Waals surface area contributed by atoms with E-state index in [1.165, 1.54) is 0 Å². The number of aliphatic hydroxyl groups excluding tert-OH is 1. The van der Waals surface area contributed by atoms with Gasteiger partial charge in [-0.3, -0.25) is 9.69 Å². The third-order valence-corrected chi connectivity index (χ3v) is 2.92. The van der Waals surface area contributed by atoms with Gasteiger partial charge in [-0.15, -0.1) is 0 Å². The number of nitrogens with zero attached hydrogens (tertiary/aromatic N) is 1. The molecule has 1 aliphatic heterocycles. The monoisotopic (exact) mass is 187 g/mol. The minimum atomic E-state index is -1.01. The van der Waals surface area contributed by atoms with E-state index in [0.717, 1.165) is 19.4 Å². The summed E-state index contributed by atoms with van der Waals surface area (Å²) in [5.41, 5.74) is -1.01. The Kier molecular flexibility index (Phi) is 3.27. The van der Waals surface area contributed by atoms with Crippen molar-refractivity contribution in [3.8, 4) is 0 Å². The predicted octanol–water partition coefficient (Wildman–Crippen LogP) is 0.308. The summed E-state index contributed by atoms with van der Waals surface area (Å²) in [6, 6.07) is 0. The molecule has 1 unspecified atom stereocenters. The SMILES string of the molecule is CCN1CCCCC1(CO)C(=O)O. The van der Waals surface area contributed by atoms with E-state index in [4.69, 9.17) is 5.11 Å². The molecule has 0 bridgehead atoms. The van der Waals surface area contributed by atoms with Crippen LogP contribution in [0.4, 0.5) is 0 Å². The third-order valence-electron chi connectivity index (χ3n) is 2.92. The first-order chi connectivity index (χ1) is 6.17. The van der Waals surface area contributed by atoms with Crippen molar-refractivity contribution in [2.24, 2.45) is 0 Å². The lowest BCUT2D eigenvalue weighted by molar-refractivity contribution is -0.157. The van der Waals surface area contributed by atoms with Crippen LogP contribution in [0.5, 0.6) is 0 Å². The maximum absolute atomic E-state index is 11.1. The molecule has 1 fully saturated rings. The number of likely N-dealkylation sites (N-methyl/N-ethyl adjacent to an activating group) is 1. The molecule has 76 valence electrons. The summed E-state index contributed by atoms with van der Waals surface area (Å²) >= 11 is 0. The molecule has 0 aromatic carbocycles. The van der Waals surface area contributed by atoms with Crippen LogP contribution in [0.2, 0.25) is 0 Å². The number of rotatable bonds is 3. The van der Waals surface area contributed by atoms with Gasteiger partial charge in [-0.1, -0.05) is 6.92 Å². The fourth-order valence-electron chi connectivity index (χ4n) is 2.04. The zero-order chi connectivity index (χ0) is 9.90. The van der Waals surface area contributed by atoms with Gasteiger partial charge in [0.15, 0.2) is 0 Å². The number of carboxylic acids is 1. The van der Waals surface area contributed by atoms with Crippen LogP contribution in [-0.2, 0) is 4.79 Å². The highest BCUT2D eigenvalue weighted by molar-refractivity contribution is 5.79.